The quantitative estimate of drug-likeness (QED) is 0.204. The Balaban J connectivity index is 1.28. The first-order valence-electron chi connectivity index (χ1n) is 24.2. The second-order valence-electron chi connectivity index (χ2n) is 19.1. The van der Waals surface area contributed by atoms with Crippen LogP contribution in [-0.2, 0) is 63.7 Å². The highest BCUT2D eigenvalue weighted by molar-refractivity contribution is 5.91. The van der Waals surface area contributed by atoms with Crippen LogP contribution in [0.15, 0.2) is 71.7 Å². The number of esters is 1. The van der Waals surface area contributed by atoms with Crippen LogP contribution < -0.4 is 0 Å². The first kappa shape index (κ1) is 55.2. The molecule has 0 aliphatic carbocycles. The molecule has 19 heteroatoms. The number of methoxy groups -OCH3 is 2. The minimum absolute atomic E-state index is 0.0234. The standard InChI is InChI=1S/C51H74N4O15/c1-29-13-16-40(56)30(2)21-36-17-19-63-27-37(54-67-26-34-14-15-39(53-23-34)38-12-10-11-18-52-38)28-64-41(31(3)47(36)70-50-46(60)43(55(6)7)44(58)32(4)68-50)22-42(57)65-24-35(20-29)25-66-51-49(62-9)48(61-8)45(59)33(5)69-51/h10-16,18,20,23,30-33,35-36,41,43-51,58-60H,17,19,21-22,24-28H2,1-9H3/b16-13+,29-20+,54-37+/t30-,31+,32-,33-,35+,36?,41-,43+,44-,45-,46-,47-,48-,49-,50+,51-/m1/s1. The molecule has 3 N–H and O–H groups in total. The Morgan fingerprint density at radius 1 is 0.857 bits per heavy atom. The molecule has 0 aromatic carbocycles. The van der Waals surface area contributed by atoms with E-state index in [1.165, 1.54) is 14.2 Å². The topological polar surface area (TPSA) is 229 Å². The second kappa shape index (κ2) is 26.6. The lowest BCUT2D eigenvalue weighted by Gasteiger charge is -2.47. The van der Waals surface area contributed by atoms with E-state index < -0.39 is 97.3 Å². The van der Waals surface area contributed by atoms with E-state index in [-0.39, 0.29) is 57.8 Å². The van der Waals surface area contributed by atoms with Crippen molar-refractivity contribution >= 4 is 17.5 Å². The first-order chi connectivity index (χ1) is 33.6. The molecule has 2 aromatic heterocycles. The number of fused-ring (bicyclic) bond motifs is 3. The van der Waals surface area contributed by atoms with Gasteiger partial charge in [-0.2, -0.15) is 0 Å². The van der Waals surface area contributed by atoms with Crippen molar-refractivity contribution in [2.75, 3.05) is 61.3 Å². The van der Waals surface area contributed by atoms with Crippen LogP contribution in [0.1, 0.15) is 59.4 Å². The minimum atomic E-state index is -1.26. The zero-order valence-corrected chi connectivity index (χ0v) is 41.9. The van der Waals surface area contributed by atoms with Crippen molar-refractivity contribution in [3.05, 3.63) is 72.1 Å². The van der Waals surface area contributed by atoms with Gasteiger partial charge in [0.2, 0.25) is 0 Å². The van der Waals surface area contributed by atoms with E-state index in [1.807, 2.05) is 57.2 Å². The highest BCUT2D eigenvalue weighted by Crippen LogP contribution is 2.36. The summed E-state index contributed by atoms with van der Waals surface area (Å²) in [6, 6.07) is 8.66. The van der Waals surface area contributed by atoms with Crippen molar-refractivity contribution in [2.24, 2.45) is 28.8 Å². The fourth-order valence-electron chi connectivity index (χ4n) is 9.48. The first-order valence-corrected chi connectivity index (χ1v) is 24.2. The molecule has 3 fully saturated rings. The number of likely N-dealkylation sites (N-methyl/N-ethyl adjacent to an activating group) is 1. The number of rotatable bonds is 12. The molecule has 4 aliphatic rings. The van der Waals surface area contributed by atoms with Crippen molar-refractivity contribution in [3.63, 3.8) is 0 Å². The molecule has 6 rings (SSSR count). The van der Waals surface area contributed by atoms with Crippen molar-refractivity contribution in [1.29, 1.82) is 0 Å². The lowest BCUT2D eigenvalue weighted by Crippen LogP contribution is -2.63. The summed E-state index contributed by atoms with van der Waals surface area (Å²) in [5, 5.41) is 37.9. The van der Waals surface area contributed by atoms with E-state index in [2.05, 4.69) is 15.1 Å². The third-order valence-electron chi connectivity index (χ3n) is 13.6. The summed E-state index contributed by atoms with van der Waals surface area (Å²) in [6.07, 6.45) is -0.590. The number of aliphatic hydroxyl groups is 3. The zero-order chi connectivity index (χ0) is 50.5. The molecule has 0 saturated carbocycles. The molecule has 19 nitrogen and oxygen atoms in total. The average molecular weight is 983 g/mol. The predicted molar refractivity (Wildman–Crippen MR) is 255 cm³/mol. The highest BCUT2D eigenvalue weighted by Gasteiger charge is 2.48. The number of pyridine rings is 2. The van der Waals surface area contributed by atoms with E-state index in [0.29, 0.717) is 18.6 Å². The Morgan fingerprint density at radius 2 is 1.60 bits per heavy atom. The number of hydrogen-bond acceptors (Lipinski definition) is 19. The average Bonchev–Trinajstić information content (AvgIpc) is 3.36. The number of hydrogen-bond donors (Lipinski definition) is 3. The predicted octanol–water partition coefficient (Wildman–Crippen LogP) is 3.67. The van der Waals surface area contributed by atoms with E-state index in [1.54, 1.807) is 57.4 Å². The van der Waals surface area contributed by atoms with E-state index >= 15 is 0 Å². The van der Waals surface area contributed by atoms with E-state index in [4.69, 9.17) is 47.5 Å². The number of aliphatic hydroxyl groups excluding tert-OH is 3. The molecule has 4 aliphatic heterocycles. The molecular formula is C51H74N4O15. The van der Waals surface area contributed by atoms with Crippen molar-refractivity contribution < 1.29 is 72.4 Å². The Hall–Kier alpha value is -4.09. The molecule has 2 bridgehead atoms. The Bertz CT molecular complexity index is 2040. The van der Waals surface area contributed by atoms with Crippen LogP contribution in [0.4, 0.5) is 0 Å². The molecule has 388 valence electrons. The summed E-state index contributed by atoms with van der Waals surface area (Å²) in [5.74, 6) is -2.62. The van der Waals surface area contributed by atoms with Crippen LogP contribution in [0, 0.1) is 23.7 Å². The largest absolute Gasteiger partial charge is 0.465 e. The highest BCUT2D eigenvalue weighted by atomic mass is 16.7. The van der Waals surface area contributed by atoms with Gasteiger partial charge >= 0.3 is 5.97 Å². The molecule has 2 aromatic rings. The summed E-state index contributed by atoms with van der Waals surface area (Å²) in [6.45, 7) is 9.29. The fourth-order valence-corrected chi connectivity index (χ4v) is 9.48. The SMILES string of the molecule is CO[C@@H]1[C@H](O)[C@@H](C)O[C@@H](OC[C@H]2/C=C(C)/C=C/C(=O)[C@H](C)CC3CCOC/C(=N\OCc4ccc(-c5ccccn5)nc4)CO[C@H](CC(=O)OC2)[C@H](C)[C@H]3O[C@@H]2O[C@H](C)[C@@H](O)[C@H](N(C)C)[C@H]2O)[C@@H]1OC. The molecule has 16 atom stereocenters. The van der Waals surface area contributed by atoms with Crippen LogP contribution in [0.3, 0.4) is 0 Å². The normalized spacial score (nSPS) is 37.3. The number of nitrogens with zero attached hydrogens (tertiary/aromatic N) is 4. The summed E-state index contributed by atoms with van der Waals surface area (Å²) < 4.78 is 55.4. The minimum Gasteiger partial charge on any atom is -0.465 e. The van der Waals surface area contributed by atoms with Crippen LogP contribution in [0.5, 0.6) is 0 Å². The van der Waals surface area contributed by atoms with Crippen LogP contribution >= 0.6 is 0 Å². The Labute approximate surface area is 411 Å². The monoisotopic (exact) mass is 983 g/mol. The maximum absolute atomic E-state index is 14.1. The lowest BCUT2D eigenvalue weighted by molar-refractivity contribution is -0.305. The number of oxime groups is 1. The van der Waals surface area contributed by atoms with Gasteiger partial charge in [0.05, 0.1) is 80.8 Å². The number of allylic oxidation sites excluding steroid dienone is 3. The van der Waals surface area contributed by atoms with Crippen LogP contribution in [0.25, 0.3) is 11.4 Å². The van der Waals surface area contributed by atoms with Gasteiger partial charge in [0.1, 0.15) is 36.7 Å². The summed E-state index contributed by atoms with van der Waals surface area (Å²) in [4.78, 5) is 44.6. The molecule has 6 heterocycles. The molecule has 0 spiro atoms. The van der Waals surface area contributed by atoms with Gasteiger partial charge in [-0.3, -0.25) is 19.6 Å². The number of aromatic nitrogens is 2. The van der Waals surface area contributed by atoms with Gasteiger partial charge in [0.25, 0.3) is 0 Å². The number of ketones is 1. The fraction of sp³-hybridized carbons (Fsp3) is 0.667. The summed E-state index contributed by atoms with van der Waals surface area (Å²) >= 11 is 0. The van der Waals surface area contributed by atoms with Crippen LogP contribution in [0.2, 0.25) is 0 Å². The second-order valence-corrected chi connectivity index (χ2v) is 19.1. The van der Waals surface area contributed by atoms with Gasteiger partial charge in [-0.05, 0) is 77.9 Å². The molecule has 0 radical (unpaired) electrons. The van der Waals surface area contributed by atoms with Gasteiger partial charge in [0, 0.05) is 56.5 Å². The number of ether oxygens (including phenoxy) is 9. The maximum Gasteiger partial charge on any atom is 0.308 e. The van der Waals surface area contributed by atoms with Gasteiger partial charge < -0.3 is 67.7 Å². The molecule has 70 heavy (non-hydrogen) atoms. The lowest BCUT2D eigenvalue weighted by atomic mass is 9.79. The smallest absolute Gasteiger partial charge is 0.308 e. The van der Waals surface area contributed by atoms with Crippen molar-refractivity contribution in [3.8, 4) is 11.4 Å². The van der Waals surface area contributed by atoms with Gasteiger partial charge in [-0.25, -0.2) is 0 Å². The van der Waals surface area contributed by atoms with Gasteiger partial charge in [-0.15, -0.1) is 0 Å². The molecule has 3 saturated heterocycles. The van der Waals surface area contributed by atoms with Crippen molar-refractivity contribution in [2.45, 2.75) is 134 Å². The van der Waals surface area contributed by atoms with E-state index in [0.717, 1.165) is 22.5 Å². The van der Waals surface area contributed by atoms with Gasteiger partial charge in [-0.1, -0.05) is 48.9 Å². The third kappa shape index (κ3) is 14.8. The molecule has 0 amide bonds. The summed E-state index contributed by atoms with van der Waals surface area (Å²) in [5.41, 5.74) is 3.41. The molecule has 1 unspecified atom stereocenters. The van der Waals surface area contributed by atoms with E-state index in [9.17, 15) is 24.9 Å². The van der Waals surface area contributed by atoms with Crippen LogP contribution in [-0.4, -0.2) is 183 Å². The third-order valence-corrected chi connectivity index (χ3v) is 13.6. The number of cyclic esters (lactones) is 1. The Kier molecular flexibility index (Phi) is 21.0. The molecular weight excluding hydrogens is 909 g/mol. The number of carbonyl (C=O) groups is 2. The number of carbonyl (C=O) groups excluding carboxylic acids is 2. The van der Waals surface area contributed by atoms with Crippen molar-refractivity contribution in [1.82, 2.24) is 14.9 Å². The zero-order valence-electron chi connectivity index (χ0n) is 41.9. The maximum atomic E-state index is 14.1. The van der Waals surface area contributed by atoms with Gasteiger partial charge in [0.15, 0.2) is 18.4 Å². The Morgan fingerprint density at radius 3 is 2.30 bits per heavy atom. The summed E-state index contributed by atoms with van der Waals surface area (Å²) in [7, 11) is 6.49.